The van der Waals surface area contributed by atoms with Crippen molar-refractivity contribution in [2.45, 2.75) is 98.3 Å². The van der Waals surface area contributed by atoms with Crippen molar-refractivity contribution in [2.75, 3.05) is 0 Å². The van der Waals surface area contributed by atoms with Crippen molar-refractivity contribution in [1.29, 1.82) is 0 Å². The van der Waals surface area contributed by atoms with Gasteiger partial charge in [0.2, 0.25) is 0 Å². The SMILES string of the molecule is CCCCC(C)(C)C(CCCC)(C(=O)O)C(C(=O)O)=C1CCCCC1. The van der Waals surface area contributed by atoms with E-state index < -0.39 is 22.8 Å². The summed E-state index contributed by atoms with van der Waals surface area (Å²) in [7, 11) is 0. The second-order valence-corrected chi connectivity index (χ2v) is 8.15. The molecule has 1 saturated carbocycles. The maximum Gasteiger partial charge on any atom is 0.332 e. The minimum atomic E-state index is -1.31. The zero-order valence-corrected chi connectivity index (χ0v) is 16.5. The van der Waals surface area contributed by atoms with Gasteiger partial charge in [-0.15, -0.1) is 0 Å². The number of carboxylic acid groups (broad SMARTS) is 2. The standard InChI is InChI=1S/C21H36O4/c1-5-7-14-20(3,4)21(19(24)25,15-8-6-2)17(18(22)23)16-12-10-9-11-13-16/h5-15H2,1-4H3,(H,22,23)(H,24,25). The zero-order valence-electron chi connectivity index (χ0n) is 16.5. The van der Waals surface area contributed by atoms with Crippen LogP contribution in [0.5, 0.6) is 0 Å². The van der Waals surface area contributed by atoms with E-state index in [9.17, 15) is 19.8 Å². The number of hydrogen-bond donors (Lipinski definition) is 2. The molecule has 0 amide bonds. The summed E-state index contributed by atoms with van der Waals surface area (Å²) < 4.78 is 0. The third-order valence-electron chi connectivity index (χ3n) is 6.03. The molecule has 0 aromatic carbocycles. The van der Waals surface area contributed by atoms with Crippen LogP contribution in [-0.2, 0) is 9.59 Å². The molecule has 1 unspecified atom stereocenters. The average Bonchev–Trinajstić information content (AvgIpc) is 2.56. The molecule has 1 fully saturated rings. The van der Waals surface area contributed by atoms with E-state index in [-0.39, 0.29) is 5.57 Å². The average molecular weight is 353 g/mol. The van der Waals surface area contributed by atoms with Crippen molar-refractivity contribution in [3.63, 3.8) is 0 Å². The van der Waals surface area contributed by atoms with Gasteiger partial charge in [0.05, 0.1) is 5.57 Å². The normalized spacial score (nSPS) is 17.8. The van der Waals surface area contributed by atoms with Crippen molar-refractivity contribution in [2.24, 2.45) is 10.8 Å². The van der Waals surface area contributed by atoms with Crippen LogP contribution in [0.25, 0.3) is 0 Å². The Kier molecular flexibility index (Phi) is 8.17. The van der Waals surface area contributed by atoms with E-state index in [1.54, 1.807) is 0 Å². The van der Waals surface area contributed by atoms with Gasteiger partial charge in [0.1, 0.15) is 5.41 Å². The molecule has 0 spiro atoms. The summed E-state index contributed by atoms with van der Waals surface area (Å²) in [6.45, 7) is 8.03. The Morgan fingerprint density at radius 2 is 1.44 bits per heavy atom. The van der Waals surface area contributed by atoms with Crippen LogP contribution in [-0.4, -0.2) is 22.2 Å². The van der Waals surface area contributed by atoms with Crippen LogP contribution in [0.3, 0.4) is 0 Å². The molecule has 25 heavy (non-hydrogen) atoms. The summed E-state index contributed by atoms with van der Waals surface area (Å²) in [5, 5.41) is 20.4. The van der Waals surface area contributed by atoms with Gasteiger partial charge in [-0.1, -0.05) is 65.4 Å². The summed E-state index contributed by atoms with van der Waals surface area (Å²) >= 11 is 0. The van der Waals surface area contributed by atoms with Gasteiger partial charge in [0, 0.05) is 0 Å². The highest BCUT2D eigenvalue weighted by atomic mass is 16.4. The Bertz CT molecular complexity index is 496. The summed E-state index contributed by atoms with van der Waals surface area (Å²) in [5.41, 5.74) is -0.824. The second kappa shape index (κ2) is 9.40. The van der Waals surface area contributed by atoms with Crippen molar-refractivity contribution < 1.29 is 19.8 Å². The monoisotopic (exact) mass is 352 g/mol. The predicted molar refractivity (Wildman–Crippen MR) is 101 cm³/mol. The number of carbonyl (C=O) groups is 2. The predicted octanol–water partition coefficient (Wildman–Crippen LogP) is 5.81. The third kappa shape index (κ3) is 4.65. The molecule has 2 N–H and O–H groups in total. The molecule has 0 aromatic rings. The quantitative estimate of drug-likeness (QED) is 0.487. The first-order valence-corrected chi connectivity index (χ1v) is 9.93. The van der Waals surface area contributed by atoms with Crippen LogP contribution in [0, 0.1) is 10.8 Å². The molecule has 0 bridgehead atoms. The van der Waals surface area contributed by atoms with Gasteiger partial charge in [-0.3, -0.25) is 4.79 Å². The fourth-order valence-electron chi connectivity index (χ4n) is 4.44. The van der Waals surface area contributed by atoms with Crippen molar-refractivity contribution in [3.8, 4) is 0 Å². The lowest BCUT2D eigenvalue weighted by Gasteiger charge is -2.45. The lowest BCUT2D eigenvalue weighted by atomic mass is 9.56. The Morgan fingerprint density at radius 1 is 0.920 bits per heavy atom. The second-order valence-electron chi connectivity index (χ2n) is 8.15. The van der Waals surface area contributed by atoms with Crippen LogP contribution in [0.4, 0.5) is 0 Å². The summed E-state index contributed by atoms with van der Waals surface area (Å²) in [6, 6.07) is 0. The smallest absolute Gasteiger partial charge is 0.332 e. The highest BCUT2D eigenvalue weighted by Crippen LogP contribution is 2.54. The first kappa shape index (κ1) is 21.7. The van der Waals surface area contributed by atoms with E-state index in [1.807, 2.05) is 20.8 Å². The summed E-state index contributed by atoms with van der Waals surface area (Å²) in [6.07, 6.45) is 9.10. The Labute approximate surface area is 152 Å². The molecular formula is C21H36O4. The molecule has 1 aliphatic rings. The molecule has 1 aliphatic carbocycles. The highest BCUT2D eigenvalue weighted by molar-refractivity contribution is 5.98. The molecule has 4 nitrogen and oxygen atoms in total. The molecular weight excluding hydrogens is 316 g/mol. The van der Waals surface area contributed by atoms with E-state index in [4.69, 9.17) is 0 Å². The van der Waals surface area contributed by atoms with E-state index in [1.165, 1.54) is 0 Å². The molecule has 144 valence electrons. The molecule has 1 rings (SSSR count). The lowest BCUT2D eigenvalue weighted by molar-refractivity contribution is -0.158. The molecule has 0 aromatic heterocycles. The number of rotatable bonds is 10. The highest BCUT2D eigenvalue weighted by Gasteiger charge is 2.55. The maximum absolute atomic E-state index is 12.6. The summed E-state index contributed by atoms with van der Waals surface area (Å²) in [4.78, 5) is 24.9. The first-order chi connectivity index (χ1) is 11.7. The molecule has 0 aliphatic heterocycles. The van der Waals surface area contributed by atoms with Gasteiger partial charge in [-0.2, -0.15) is 0 Å². The molecule has 0 heterocycles. The van der Waals surface area contributed by atoms with Gasteiger partial charge in [-0.05, 0) is 43.9 Å². The first-order valence-electron chi connectivity index (χ1n) is 9.93. The lowest BCUT2D eigenvalue weighted by Crippen LogP contribution is -2.49. The number of unbranched alkanes of at least 4 members (excludes halogenated alkanes) is 2. The Balaban J connectivity index is 3.59. The van der Waals surface area contributed by atoms with Gasteiger partial charge < -0.3 is 10.2 Å². The number of hydrogen-bond acceptors (Lipinski definition) is 2. The van der Waals surface area contributed by atoms with Crippen LogP contribution >= 0.6 is 0 Å². The molecule has 4 heteroatoms. The largest absolute Gasteiger partial charge is 0.481 e. The minimum absolute atomic E-state index is 0.203. The van der Waals surface area contributed by atoms with Crippen molar-refractivity contribution in [3.05, 3.63) is 11.1 Å². The number of carboxylic acids is 2. The van der Waals surface area contributed by atoms with Crippen LogP contribution < -0.4 is 0 Å². The van der Waals surface area contributed by atoms with E-state index >= 15 is 0 Å². The van der Waals surface area contributed by atoms with E-state index in [0.717, 1.165) is 69.8 Å². The van der Waals surface area contributed by atoms with Gasteiger partial charge in [0.25, 0.3) is 0 Å². The minimum Gasteiger partial charge on any atom is -0.481 e. The fourth-order valence-corrected chi connectivity index (χ4v) is 4.44. The van der Waals surface area contributed by atoms with Crippen LogP contribution in [0.15, 0.2) is 11.1 Å². The van der Waals surface area contributed by atoms with E-state index in [0.29, 0.717) is 6.42 Å². The maximum atomic E-state index is 12.6. The number of allylic oxidation sites excluding steroid dienone is 1. The zero-order chi connectivity index (χ0) is 19.1. The topological polar surface area (TPSA) is 74.6 Å². The molecule has 0 saturated heterocycles. The van der Waals surface area contributed by atoms with Gasteiger partial charge >= 0.3 is 11.9 Å². The van der Waals surface area contributed by atoms with Crippen LogP contribution in [0.2, 0.25) is 0 Å². The fraction of sp³-hybridized carbons (Fsp3) is 0.810. The molecule has 0 radical (unpaired) electrons. The van der Waals surface area contributed by atoms with Crippen molar-refractivity contribution >= 4 is 11.9 Å². The van der Waals surface area contributed by atoms with Gasteiger partial charge in [0.15, 0.2) is 0 Å². The Morgan fingerprint density at radius 3 is 1.88 bits per heavy atom. The third-order valence-corrected chi connectivity index (χ3v) is 6.03. The summed E-state index contributed by atoms with van der Waals surface area (Å²) in [5.74, 6) is -1.99. The van der Waals surface area contributed by atoms with Crippen LogP contribution in [0.1, 0.15) is 98.3 Å². The Hall–Kier alpha value is -1.32. The van der Waals surface area contributed by atoms with Crippen molar-refractivity contribution in [1.82, 2.24) is 0 Å². The molecule has 1 atom stereocenters. The number of aliphatic carboxylic acids is 2. The van der Waals surface area contributed by atoms with Gasteiger partial charge in [-0.25, -0.2) is 4.79 Å². The van der Waals surface area contributed by atoms with E-state index in [2.05, 4.69) is 6.92 Å².